The minimum absolute atomic E-state index is 0.315. The summed E-state index contributed by atoms with van der Waals surface area (Å²) in [6, 6.07) is -0.711. The van der Waals surface area contributed by atoms with Crippen LogP contribution >= 0.6 is 0 Å². The Balaban J connectivity index is 3.68. The summed E-state index contributed by atoms with van der Waals surface area (Å²) in [7, 11) is 0. The lowest BCUT2D eigenvalue weighted by molar-refractivity contribution is -0.131. The summed E-state index contributed by atoms with van der Waals surface area (Å²) in [4.78, 5) is 12.4. The molecule has 5 nitrogen and oxygen atoms in total. The average molecular weight is 624 g/mol. The van der Waals surface area contributed by atoms with E-state index in [9.17, 15) is 20.1 Å². The van der Waals surface area contributed by atoms with Gasteiger partial charge in [-0.25, -0.2) is 0 Å². The van der Waals surface area contributed by atoms with E-state index >= 15 is 0 Å². The van der Waals surface area contributed by atoms with Crippen LogP contribution in [0.2, 0.25) is 0 Å². The van der Waals surface area contributed by atoms with Gasteiger partial charge in [0.2, 0.25) is 5.91 Å². The second-order valence-electron chi connectivity index (χ2n) is 13.5. The van der Waals surface area contributed by atoms with Crippen LogP contribution in [0, 0.1) is 0 Å². The average Bonchev–Trinajstić information content (AvgIpc) is 3.03. The lowest BCUT2D eigenvalue weighted by Crippen LogP contribution is -2.49. The summed E-state index contributed by atoms with van der Waals surface area (Å²) >= 11 is 0. The van der Waals surface area contributed by atoms with E-state index in [1.54, 1.807) is 0 Å². The van der Waals surface area contributed by atoms with Gasteiger partial charge in [0.15, 0.2) is 0 Å². The number of aliphatic hydroxyl groups excluding tert-OH is 3. The van der Waals surface area contributed by atoms with E-state index in [-0.39, 0.29) is 6.61 Å². The number of carbonyl (C=O) groups is 1. The van der Waals surface area contributed by atoms with Crippen LogP contribution in [0.5, 0.6) is 0 Å². The molecule has 262 valence electrons. The molecule has 3 unspecified atom stereocenters. The highest BCUT2D eigenvalue weighted by atomic mass is 16.3. The van der Waals surface area contributed by atoms with Gasteiger partial charge in [0, 0.05) is 0 Å². The Hall–Kier alpha value is -0.910. The van der Waals surface area contributed by atoms with Gasteiger partial charge in [-0.2, -0.15) is 0 Å². The van der Waals surface area contributed by atoms with Crippen LogP contribution in [0.15, 0.2) is 12.2 Å². The fraction of sp³-hybridized carbons (Fsp3) is 0.923. The Bertz CT molecular complexity index is 611. The van der Waals surface area contributed by atoms with Crippen LogP contribution in [0.25, 0.3) is 0 Å². The fourth-order valence-corrected chi connectivity index (χ4v) is 6.01. The van der Waals surface area contributed by atoms with E-state index in [1.807, 2.05) is 0 Å². The highest BCUT2D eigenvalue weighted by Gasteiger charge is 2.23. The van der Waals surface area contributed by atoms with E-state index < -0.39 is 24.2 Å². The largest absolute Gasteiger partial charge is 0.394 e. The first-order chi connectivity index (χ1) is 21.6. The molecule has 0 aliphatic carbocycles. The Morgan fingerprint density at radius 2 is 0.864 bits per heavy atom. The molecule has 0 heterocycles. The van der Waals surface area contributed by atoms with Crippen molar-refractivity contribution in [1.82, 2.24) is 5.32 Å². The predicted molar refractivity (Wildman–Crippen MR) is 190 cm³/mol. The highest BCUT2D eigenvalue weighted by molar-refractivity contribution is 5.80. The number of hydrogen-bond donors (Lipinski definition) is 4. The summed E-state index contributed by atoms with van der Waals surface area (Å²) in [5.41, 5.74) is 0. The van der Waals surface area contributed by atoms with Gasteiger partial charge in [-0.1, -0.05) is 180 Å². The third-order valence-corrected chi connectivity index (χ3v) is 9.13. The number of aliphatic hydroxyl groups is 3. The molecule has 4 N–H and O–H groups in total. The smallest absolute Gasteiger partial charge is 0.249 e. The molecule has 1 amide bonds. The van der Waals surface area contributed by atoms with Crippen molar-refractivity contribution in [2.75, 3.05) is 6.61 Å². The molecule has 0 aromatic carbocycles. The predicted octanol–water partition coefficient (Wildman–Crippen LogP) is 10.5. The molecule has 0 aliphatic rings. The van der Waals surface area contributed by atoms with Gasteiger partial charge in [0.05, 0.1) is 18.8 Å². The molecule has 3 atom stereocenters. The van der Waals surface area contributed by atoms with Gasteiger partial charge in [-0.15, -0.1) is 0 Å². The Kier molecular flexibility index (Phi) is 34.2. The maximum absolute atomic E-state index is 12.4. The Morgan fingerprint density at radius 3 is 1.25 bits per heavy atom. The monoisotopic (exact) mass is 624 g/mol. The third-order valence-electron chi connectivity index (χ3n) is 9.13. The van der Waals surface area contributed by atoms with Crippen molar-refractivity contribution in [1.29, 1.82) is 0 Å². The molecule has 0 aliphatic heterocycles. The van der Waals surface area contributed by atoms with Crippen LogP contribution in [0.1, 0.15) is 206 Å². The van der Waals surface area contributed by atoms with Gasteiger partial charge in [0.25, 0.3) is 0 Å². The molecular weight excluding hydrogens is 546 g/mol. The summed E-state index contributed by atoms with van der Waals surface area (Å²) in [5, 5.41) is 33.2. The van der Waals surface area contributed by atoms with Crippen molar-refractivity contribution in [2.45, 2.75) is 225 Å². The topological polar surface area (TPSA) is 89.8 Å². The van der Waals surface area contributed by atoms with Crippen molar-refractivity contribution in [2.24, 2.45) is 0 Å². The summed E-state index contributed by atoms with van der Waals surface area (Å²) in [6.45, 7) is 4.22. The molecule has 0 saturated carbocycles. The van der Waals surface area contributed by atoms with Crippen LogP contribution in [-0.2, 0) is 4.79 Å². The lowest BCUT2D eigenvalue weighted by Gasteiger charge is -2.23. The molecule has 0 rings (SSSR count). The third kappa shape index (κ3) is 29.8. The van der Waals surface area contributed by atoms with Crippen LogP contribution in [-0.4, -0.2) is 46.1 Å². The van der Waals surface area contributed by atoms with E-state index in [0.29, 0.717) is 12.8 Å². The van der Waals surface area contributed by atoms with Crippen LogP contribution in [0.4, 0.5) is 0 Å². The number of unbranched alkanes of at least 4 members (excludes halogenated alkanes) is 25. The molecule has 0 saturated heterocycles. The SMILES string of the molecule is CCCCCCCCC/C=C\CCCCCCC(O)C(=O)NC(CO)C(O)CCCCCCCCCCCCCCCCC. The molecule has 0 spiro atoms. The van der Waals surface area contributed by atoms with Gasteiger partial charge in [-0.3, -0.25) is 4.79 Å². The number of rotatable bonds is 35. The first-order valence-electron chi connectivity index (χ1n) is 19.5. The van der Waals surface area contributed by atoms with E-state index in [1.165, 1.54) is 135 Å². The molecule has 0 bridgehead atoms. The number of carbonyl (C=O) groups excluding carboxylic acids is 1. The Morgan fingerprint density at radius 1 is 0.523 bits per heavy atom. The van der Waals surface area contributed by atoms with Gasteiger partial charge in [0.1, 0.15) is 6.10 Å². The van der Waals surface area contributed by atoms with Crippen molar-refractivity contribution in [3.05, 3.63) is 12.2 Å². The van der Waals surface area contributed by atoms with E-state index in [2.05, 4.69) is 31.3 Å². The summed E-state index contributed by atoms with van der Waals surface area (Å²) < 4.78 is 0. The maximum atomic E-state index is 12.4. The van der Waals surface area contributed by atoms with Crippen molar-refractivity contribution in [3.8, 4) is 0 Å². The van der Waals surface area contributed by atoms with Gasteiger partial charge in [-0.05, 0) is 38.5 Å². The number of nitrogens with one attached hydrogen (secondary N) is 1. The molecule has 0 radical (unpaired) electrons. The highest BCUT2D eigenvalue weighted by Crippen LogP contribution is 2.15. The second-order valence-corrected chi connectivity index (χ2v) is 13.5. The fourth-order valence-electron chi connectivity index (χ4n) is 6.01. The zero-order valence-corrected chi connectivity index (χ0v) is 29.6. The van der Waals surface area contributed by atoms with Crippen molar-refractivity contribution in [3.63, 3.8) is 0 Å². The van der Waals surface area contributed by atoms with E-state index in [4.69, 9.17) is 0 Å². The summed E-state index contributed by atoms with van der Waals surface area (Å²) in [6.07, 6.45) is 39.1. The first-order valence-corrected chi connectivity index (χ1v) is 19.5. The zero-order chi connectivity index (χ0) is 32.4. The molecule has 5 heteroatoms. The standard InChI is InChI=1S/C39H77NO4/c1-3-5-7-9-11-13-15-17-19-21-23-25-27-29-31-33-37(42)36(35-41)40-39(44)38(43)34-32-30-28-26-24-22-20-18-16-14-12-10-8-6-4-2/h20,22,36-38,41-43H,3-19,21,23-35H2,1-2H3,(H,40,44)/b22-20-. The molecule has 0 fully saturated rings. The van der Waals surface area contributed by atoms with Gasteiger partial charge < -0.3 is 20.6 Å². The maximum Gasteiger partial charge on any atom is 0.249 e. The zero-order valence-electron chi connectivity index (χ0n) is 29.6. The van der Waals surface area contributed by atoms with Crippen LogP contribution < -0.4 is 5.32 Å². The van der Waals surface area contributed by atoms with E-state index in [0.717, 1.165) is 44.9 Å². The van der Waals surface area contributed by atoms with Crippen molar-refractivity contribution < 1.29 is 20.1 Å². The molecule has 44 heavy (non-hydrogen) atoms. The second kappa shape index (κ2) is 35.0. The summed E-state index contributed by atoms with van der Waals surface area (Å²) in [5.74, 6) is -0.479. The van der Waals surface area contributed by atoms with Crippen molar-refractivity contribution >= 4 is 5.91 Å². The minimum atomic E-state index is -1.08. The number of hydrogen-bond acceptors (Lipinski definition) is 4. The van der Waals surface area contributed by atoms with Gasteiger partial charge >= 0.3 is 0 Å². The molecule has 0 aromatic rings. The minimum Gasteiger partial charge on any atom is -0.394 e. The number of allylic oxidation sites excluding steroid dienone is 2. The Labute approximate surface area is 274 Å². The van der Waals surface area contributed by atoms with Crippen LogP contribution in [0.3, 0.4) is 0 Å². The quantitative estimate of drug-likeness (QED) is 0.0418. The molecular formula is C39H77NO4. The first kappa shape index (κ1) is 43.1. The lowest BCUT2D eigenvalue weighted by atomic mass is 10.0. The molecule has 0 aromatic heterocycles. The number of amides is 1. The normalized spacial score (nSPS) is 13.8.